The van der Waals surface area contributed by atoms with Crippen molar-refractivity contribution < 1.29 is 23.8 Å². The number of rotatable bonds is 7. The summed E-state index contributed by atoms with van der Waals surface area (Å²) in [4.78, 5) is 29.8. The number of amides is 1. The van der Waals surface area contributed by atoms with E-state index in [-0.39, 0.29) is 0 Å². The fraction of sp³-hybridized carbons (Fsp3) is 0.286. The second-order valence-corrected chi connectivity index (χ2v) is 8.18. The summed E-state index contributed by atoms with van der Waals surface area (Å²) in [5, 5.41) is 0. The van der Waals surface area contributed by atoms with Crippen LogP contribution in [0.15, 0.2) is 41.4 Å². The minimum atomic E-state index is -0.427. The van der Waals surface area contributed by atoms with E-state index in [2.05, 4.69) is 4.99 Å². The molecule has 0 atom stereocenters. The van der Waals surface area contributed by atoms with Crippen LogP contribution in [0.3, 0.4) is 0 Å². The van der Waals surface area contributed by atoms with Gasteiger partial charge in [0.15, 0.2) is 4.80 Å². The quantitative estimate of drug-likeness (QED) is 0.516. The summed E-state index contributed by atoms with van der Waals surface area (Å²) in [6, 6.07) is 10.3. The van der Waals surface area contributed by atoms with E-state index >= 15 is 0 Å². The number of hydrogen-bond acceptors (Lipinski definition) is 7. The third-order valence-electron chi connectivity index (χ3n) is 4.46. The second kappa shape index (κ2) is 9.82. The Bertz CT molecular complexity index is 1150. The van der Waals surface area contributed by atoms with Crippen molar-refractivity contribution in [2.75, 3.05) is 33.3 Å². The smallest absolute Gasteiger partial charge is 0.337 e. The largest absolute Gasteiger partial charge is 0.497 e. The zero-order valence-corrected chi connectivity index (χ0v) is 18.8. The molecule has 0 aliphatic heterocycles. The highest BCUT2D eigenvalue weighted by Gasteiger charge is 2.16. The maximum Gasteiger partial charge on any atom is 0.337 e. The Balaban J connectivity index is 2.14. The van der Waals surface area contributed by atoms with E-state index in [0.29, 0.717) is 34.0 Å². The lowest BCUT2D eigenvalue weighted by Crippen LogP contribution is -2.18. The predicted octanol–water partition coefficient (Wildman–Crippen LogP) is 3.61. The van der Waals surface area contributed by atoms with Gasteiger partial charge in [0.2, 0.25) is 0 Å². The topological polar surface area (TPSA) is 79.1 Å². The van der Waals surface area contributed by atoms with Crippen molar-refractivity contribution in [3.63, 3.8) is 0 Å². The highest BCUT2D eigenvalue weighted by atomic mass is 32.2. The van der Waals surface area contributed by atoms with E-state index in [1.54, 1.807) is 42.1 Å². The first-order chi connectivity index (χ1) is 14.5. The molecular weight excluding hydrogens is 424 g/mol. The zero-order valence-electron chi connectivity index (χ0n) is 17.1. The Kier molecular flexibility index (Phi) is 7.17. The Morgan fingerprint density at radius 2 is 1.90 bits per heavy atom. The average Bonchev–Trinajstić information content (AvgIpc) is 3.12. The Morgan fingerprint density at radius 3 is 2.57 bits per heavy atom. The lowest BCUT2D eigenvalue weighted by atomic mass is 10.2. The molecule has 0 aliphatic rings. The molecule has 0 unspecified atom stereocenters. The SMILES string of the molecule is COC(=O)c1ccc2c(c1)sc(=NC(=O)c1cc(OC)ccc1OC)n2CCSC. The zero-order chi connectivity index (χ0) is 21.7. The van der Waals surface area contributed by atoms with Crippen LogP contribution in [0.1, 0.15) is 20.7 Å². The Labute approximate surface area is 182 Å². The average molecular weight is 447 g/mol. The fourth-order valence-electron chi connectivity index (χ4n) is 2.93. The van der Waals surface area contributed by atoms with Gasteiger partial charge in [-0.1, -0.05) is 11.3 Å². The number of aromatic nitrogens is 1. The van der Waals surface area contributed by atoms with E-state index < -0.39 is 11.9 Å². The minimum absolute atomic E-state index is 0.320. The van der Waals surface area contributed by atoms with Crippen molar-refractivity contribution in [2.24, 2.45) is 4.99 Å². The van der Waals surface area contributed by atoms with Crippen LogP contribution < -0.4 is 14.3 Å². The van der Waals surface area contributed by atoms with Crippen LogP contribution in [-0.2, 0) is 11.3 Å². The summed E-state index contributed by atoms with van der Waals surface area (Å²) in [7, 11) is 4.39. The van der Waals surface area contributed by atoms with Crippen LogP contribution in [0.5, 0.6) is 11.5 Å². The van der Waals surface area contributed by atoms with E-state index in [9.17, 15) is 9.59 Å². The first kappa shape index (κ1) is 21.9. The van der Waals surface area contributed by atoms with Gasteiger partial charge in [-0.25, -0.2) is 4.79 Å². The predicted molar refractivity (Wildman–Crippen MR) is 119 cm³/mol. The molecule has 1 amide bonds. The van der Waals surface area contributed by atoms with Crippen LogP contribution in [-0.4, -0.2) is 49.8 Å². The number of benzene rings is 2. The molecule has 1 heterocycles. The number of ether oxygens (including phenoxy) is 3. The van der Waals surface area contributed by atoms with Gasteiger partial charge < -0.3 is 18.8 Å². The maximum atomic E-state index is 13.0. The van der Waals surface area contributed by atoms with Gasteiger partial charge in [0.1, 0.15) is 11.5 Å². The number of thiazole rings is 1. The van der Waals surface area contributed by atoms with Crippen molar-refractivity contribution >= 4 is 45.2 Å². The molecule has 1 aromatic heterocycles. The van der Waals surface area contributed by atoms with E-state index in [1.807, 2.05) is 16.9 Å². The molecule has 7 nitrogen and oxygen atoms in total. The van der Waals surface area contributed by atoms with Gasteiger partial charge in [-0.05, 0) is 42.7 Å². The highest BCUT2D eigenvalue weighted by molar-refractivity contribution is 7.98. The second-order valence-electron chi connectivity index (χ2n) is 6.19. The van der Waals surface area contributed by atoms with Gasteiger partial charge in [0.05, 0.1) is 42.7 Å². The molecule has 2 aromatic carbocycles. The number of thioether (sulfide) groups is 1. The molecule has 3 aromatic rings. The van der Waals surface area contributed by atoms with E-state index in [4.69, 9.17) is 14.2 Å². The number of carbonyl (C=O) groups is 2. The van der Waals surface area contributed by atoms with Crippen molar-refractivity contribution in [1.29, 1.82) is 0 Å². The lowest BCUT2D eigenvalue weighted by molar-refractivity contribution is 0.0600. The number of carbonyl (C=O) groups excluding carboxylic acids is 2. The van der Waals surface area contributed by atoms with Crippen molar-refractivity contribution in [3.05, 3.63) is 52.3 Å². The van der Waals surface area contributed by atoms with Gasteiger partial charge in [0, 0.05) is 12.3 Å². The van der Waals surface area contributed by atoms with Crippen molar-refractivity contribution in [2.45, 2.75) is 6.54 Å². The van der Waals surface area contributed by atoms with Crippen molar-refractivity contribution in [1.82, 2.24) is 4.57 Å². The number of esters is 1. The molecule has 0 bridgehead atoms. The van der Waals surface area contributed by atoms with Gasteiger partial charge in [-0.15, -0.1) is 0 Å². The van der Waals surface area contributed by atoms with E-state index in [0.717, 1.165) is 16.0 Å². The van der Waals surface area contributed by atoms with Crippen LogP contribution >= 0.6 is 23.1 Å². The van der Waals surface area contributed by atoms with Crippen LogP contribution in [0.2, 0.25) is 0 Å². The van der Waals surface area contributed by atoms with Gasteiger partial charge in [-0.2, -0.15) is 16.8 Å². The third kappa shape index (κ3) is 4.52. The number of aryl methyl sites for hydroxylation is 1. The number of fused-ring (bicyclic) bond motifs is 1. The lowest BCUT2D eigenvalue weighted by Gasteiger charge is -2.08. The summed E-state index contributed by atoms with van der Waals surface area (Å²) in [5.74, 6) is 0.993. The molecule has 0 spiro atoms. The summed E-state index contributed by atoms with van der Waals surface area (Å²) < 4.78 is 18.2. The van der Waals surface area contributed by atoms with Crippen molar-refractivity contribution in [3.8, 4) is 11.5 Å². The normalized spacial score (nSPS) is 11.5. The Hall–Kier alpha value is -2.78. The number of hydrogen-bond donors (Lipinski definition) is 0. The molecule has 0 radical (unpaired) electrons. The van der Waals surface area contributed by atoms with E-state index in [1.165, 1.54) is 32.7 Å². The molecule has 9 heteroatoms. The standard InChI is InChI=1S/C21H22N2O5S2/c1-26-14-6-8-17(27-2)15(12-14)19(24)22-21-23(9-10-29-4)16-7-5-13(20(25)28-3)11-18(16)30-21/h5-8,11-12H,9-10H2,1-4H3. The van der Waals surface area contributed by atoms with Crippen LogP contribution in [0.25, 0.3) is 10.2 Å². The van der Waals surface area contributed by atoms with Gasteiger partial charge in [-0.3, -0.25) is 4.79 Å². The first-order valence-electron chi connectivity index (χ1n) is 9.04. The molecule has 158 valence electrons. The number of nitrogens with zero attached hydrogens (tertiary/aromatic N) is 2. The summed E-state index contributed by atoms with van der Waals surface area (Å²) in [6.07, 6.45) is 2.02. The monoisotopic (exact) mass is 446 g/mol. The molecule has 0 fully saturated rings. The fourth-order valence-corrected chi connectivity index (χ4v) is 4.39. The summed E-state index contributed by atoms with van der Waals surface area (Å²) >= 11 is 3.05. The Morgan fingerprint density at radius 1 is 1.10 bits per heavy atom. The van der Waals surface area contributed by atoms with Crippen LogP contribution in [0.4, 0.5) is 0 Å². The molecule has 0 aliphatic carbocycles. The third-order valence-corrected chi connectivity index (χ3v) is 6.09. The summed E-state index contributed by atoms with van der Waals surface area (Å²) in [5.41, 5.74) is 1.68. The molecule has 0 saturated carbocycles. The summed E-state index contributed by atoms with van der Waals surface area (Å²) in [6.45, 7) is 0.681. The minimum Gasteiger partial charge on any atom is -0.497 e. The highest BCUT2D eigenvalue weighted by Crippen LogP contribution is 2.25. The van der Waals surface area contributed by atoms with Crippen LogP contribution in [0, 0.1) is 0 Å². The molecular formula is C21H22N2O5S2. The first-order valence-corrected chi connectivity index (χ1v) is 11.2. The number of methoxy groups -OCH3 is 3. The molecule has 30 heavy (non-hydrogen) atoms. The molecule has 0 saturated heterocycles. The molecule has 3 rings (SSSR count). The maximum absolute atomic E-state index is 13.0. The van der Waals surface area contributed by atoms with Gasteiger partial charge in [0.25, 0.3) is 5.91 Å². The molecule has 0 N–H and O–H groups in total. The van der Waals surface area contributed by atoms with Gasteiger partial charge >= 0.3 is 5.97 Å².